The largest absolute Gasteiger partial charge is 0.496 e. The average Bonchev–Trinajstić information content (AvgIpc) is 3.27. The molecule has 1 heterocycles. The fraction of sp³-hybridized carbons (Fsp3) is 0.192. The molecule has 4 aromatic rings. The highest BCUT2D eigenvalue weighted by atomic mass is 79.9. The number of aromatic nitrogens is 1. The van der Waals surface area contributed by atoms with E-state index in [1.54, 1.807) is 18.2 Å². The summed E-state index contributed by atoms with van der Waals surface area (Å²) in [5, 5.41) is 5.91. The number of nitrogens with one attached hydrogen (secondary N) is 2. The van der Waals surface area contributed by atoms with Gasteiger partial charge in [0.15, 0.2) is 10.7 Å². The van der Waals surface area contributed by atoms with Crippen LogP contribution in [-0.4, -0.2) is 23.1 Å². The monoisotopic (exact) mass is 537 g/mol. The number of methoxy groups -OCH3 is 1. The quantitative estimate of drug-likeness (QED) is 0.260. The van der Waals surface area contributed by atoms with Crippen LogP contribution in [0.15, 0.2) is 69.6 Å². The Bertz CT molecular complexity index is 1370. The second kappa shape index (κ2) is 10.4. The molecule has 0 aliphatic rings. The average molecular weight is 538 g/mol. The first kappa shape index (κ1) is 23.9. The van der Waals surface area contributed by atoms with E-state index in [4.69, 9.17) is 21.4 Å². The van der Waals surface area contributed by atoms with Crippen molar-refractivity contribution in [3.05, 3.63) is 76.3 Å². The summed E-state index contributed by atoms with van der Waals surface area (Å²) in [6, 6.07) is 18.8. The van der Waals surface area contributed by atoms with Gasteiger partial charge in [0.05, 0.1) is 12.7 Å². The molecule has 0 spiro atoms. The van der Waals surface area contributed by atoms with Gasteiger partial charge < -0.3 is 14.5 Å². The molecule has 0 bridgehead atoms. The first-order chi connectivity index (χ1) is 16.4. The van der Waals surface area contributed by atoms with Crippen LogP contribution in [0, 0.1) is 0 Å². The number of hydrogen-bond donors (Lipinski definition) is 2. The zero-order valence-corrected chi connectivity index (χ0v) is 21.4. The molecule has 4 rings (SSSR count). The van der Waals surface area contributed by atoms with Crippen molar-refractivity contribution in [1.29, 1.82) is 0 Å². The molecule has 1 atom stereocenters. The molecule has 0 aliphatic heterocycles. The van der Waals surface area contributed by atoms with Gasteiger partial charge in [-0.15, -0.1) is 0 Å². The highest BCUT2D eigenvalue weighted by Crippen LogP contribution is 2.29. The number of anilines is 1. The Hall–Kier alpha value is -3.23. The van der Waals surface area contributed by atoms with Crippen LogP contribution in [0.3, 0.4) is 0 Å². The molecule has 6 nitrogen and oxygen atoms in total. The molecule has 0 fully saturated rings. The van der Waals surface area contributed by atoms with Crippen molar-refractivity contribution >= 4 is 56.0 Å². The Morgan fingerprint density at radius 3 is 2.76 bits per heavy atom. The zero-order valence-electron chi connectivity index (χ0n) is 19.0. The van der Waals surface area contributed by atoms with E-state index in [2.05, 4.69) is 57.5 Å². The van der Waals surface area contributed by atoms with Gasteiger partial charge >= 0.3 is 0 Å². The van der Waals surface area contributed by atoms with E-state index in [1.807, 2.05) is 30.3 Å². The van der Waals surface area contributed by atoms with Crippen LogP contribution in [0.2, 0.25) is 0 Å². The van der Waals surface area contributed by atoms with Crippen molar-refractivity contribution in [2.45, 2.75) is 26.2 Å². The lowest BCUT2D eigenvalue weighted by Gasteiger charge is -2.12. The fourth-order valence-corrected chi connectivity index (χ4v) is 4.10. The second-order valence-corrected chi connectivity index (χ2v) is 9.21. The summed E-state index contributed by atoms with van der Waals surface area (Å²) < 4.78 is 12.0. The maximum Gasteiger partial charge on any atom is 0.261 e. The summed E-state index contributed by atoms with van der Waals surface area (Å²) in [4.78, 5) is 17.4. The third kappa shape index (κ3) is 5.29. The molecule has 1 aromatic heterocycles. The fourth-order valence-electron chi connectivity index (χ4n) is 3.53. The number of carbonyl (C=O) groups is 1. The smallest absolute Gasteiger partial charge is 0.261 e. The summed E-state index contributed by atoms with van der Waals surface area (Å²) in [6.07, 6.45) is 1.06. The van der Waals surface area contributed by atoms with Crippen molar-refractivity contribution in [2.24, 2.45) is 0 Å². The van der Waals surface area contributed by atoms with Crippen LogP contribution in [0.1, 0.15) is 42.1 Å². The van der Waals surface area contributed by atoms with E-state index in [-0.39, 0.29) is 11.0 Å². The lowest BCUT2D eigenvalue weighted by molar-refractivity contribution is 0.0974. The number of rotatable bonds is 6. The molecule has 34 heavy (non-hydrogen) atoms. The normalized spacial score (nSPS) is 11.8. The summed E-state index contributed by atoms with van der Waals surface area (Å²) in [7, 11) is 1.51. The van der Waals surface area contributed by atoms with Gasteiger partial charge in [-0.25, -0.2) is 4.98 Å². The lowest BCUT2D eigenvalue weighted by Crippen LogP contribution is -2.34. The first-order valence-electron chi connectivity index (χ1n) is 10.8. The number of carbonyl (C=O) groups excluding carboxylic acids is 1. The highest BCUT2D eigenvalue weighted by molar-refractivity contribution is 9.10. The van der Waals surface area contributed by atoms with Crippen LogP contribution in [0.25, 0.3) is 22.6 Å². The number of halogens is 1. The topological polar surface area (TPSA) is 76.4 Å². The Morgan fingerprint density at radius 2 is 2.00 bits per heavy atom. The van der Waals surface area contributed by atoms with E-state index in [0.29, 0.717) is 28.8 Å². The highest BCUT2D eigenvalue weighted by Gasteiger charge is 2.15. The number of amides is 1. The van der Waals surface area contributed by atoms with E-state index < -0.39 is 0 Å². The van der Waals surface area contributed by atoms with Crippen molar-refractivity contribution in [2.75, 3.05) is 12.4 Å². The summed E-state index contributed by atoms with van der Waals surface area (Å²) in [5.74, 6) is 1.07. The van der Waals surface area contributed by atoms with E-state index in [9.17, 15) is 4.79 Å². The van der Waals surface area contributed by atoms with Gasteiger partial charge in [0.2, 0.25) is 5.89 Å². The van der Waals surface area contributed by atoms with Crippen LogP contribution in [0.4, 0.5) is 5.69 Å². The van der Waals surface area contributed by atoms with Gasteiger partial charge in [-0.2, -0.15) is 0 Å². The molecule has 0 radical (unpaired) electrons. The molecule has 2 N–H and O–H groups in total. The van der Waals surface area contributed by atoms with E-state index in [1.165, 1.54) is 12.7 Å². The number of fused-ring (bicyclic) bond motifs is 1. The summed E-state index contributed by atoms with van der Waals surface area (Å²) >= 11 is 8.72. The SMILES string of the molecule is CC[C@@H](C)c1ccc2oc(-c3cccc(NC(=S)NC(=O)c4cc(Br)ccc4OC)c3)nc2c1. The van der Waals surface area contributed by atoms with Crippen molar-refractivity contribution < 1.29 is 13.9 Å². The Balaban J connectivity index is 1.50. The van der Waals surface area contributed by atoms with Crippen LogP contribution >= 0.6 is 28.1 Å². The Labute approximate surface area is 211 Å². The standard InChI is InChI=1S/C26H24BrN3O3S/c1-4-15(2)16-8-10-23-21(13-16)29-25(33-23)17-6-5-7-19(12-17)28-26(34)30-24(31)20-14-18(27)9-11-22(20)32-3/h5-15H,4H2,1-3H3,(H2,28,30,31,34)/t15-/m1/s1. The van der Waals surface area contributed by atoms with Crippen molar-refractivity contribution in [3.8, 4) is 17.2 Å². The maximum atomic E-state index is 12.7. The van der Waals surface area contributed by atoms with Gasteiger partial charge in [0.1, 0.15) is 11.3 Å². The predicted molar refractivity (Wildman–Crippen MR) is 143 cm³/mol. The second-order valence-electron chi connectivity index (χ2n) is 7.89. The van der Waals surface area contributed by atoms with E-state index in [0.717, 1.165) is 27.6 Å². The molecule has 0 saturated carbocycles. The van der Waals surface area contributed by atoms with Gasteiger partial charge in [-0.05, 0) is 78.7 Å². The van der Waals surface area contributed by atoms with Crippen LogP contribution < -0.4 is 15.4 Å². The molecular weight excluding hydrogens is 514 g/mol. The minimum Gasteiger partial charge on any atom is -0.496 e. The minimum absolute atomic E-state index is 0.167. The molecular formula is C26H24BrN3O3S. The number of thiocarbonyl (C=S) groups is 1. The maximum absolute atomic E-state index is 12.7. The Kier molecular flexibility index (Phi) is 7.29. The molecule has 0 aliphatic carbocycles. The number of hydrogen-bond acceptors (Lipinski definition) is 5. The first-order valence-corrected chi connectivity index (χ1v) is 12.0. The molecule has 0 unspecified atom stereocenters. The number of nitrogens with zero attached hydrogens (tertiary/aromatic N) is 1. The zero-order chi connectivity index (χ0) is 24.2. The molecule has 8 heteroatoms. The van der Waals surface area contributed by atoms with E-state index >= 15 is 0 Å². The van der Waals surface area contributed by atoms with Gasteiger partial charge in [-0.1, -0.05) is 41.9 Å². The molecule has 1 amide bonds. The lowest BCUT2D eigenvalue weighted by atomic mass is 9.98. The number of ether oxygens (including phenoxy) is 1. The van der Waals surface area contributed by atoms with Gasteiger partial charge in [0.25, 0.3) is 5.91 Å². The van der Waals surface area contributed by atoms with Crippen LogP contribution in [-0.2, 0) is 0 Å². The van der Waals surface area contributed by atoms with Gasteiger partial charge in [0, 0.05) is 15.7 Å². The Morgan fingerprint density at radius 1 is 1.18 bits per heavy atom. The predicted octanol–water partition coefficient (Wildman–Crippen LogP) is 6.91. The summed E-state index contributed by atoms with van der Waals surface area (Å²) in [6.45, 7) is 4.37. The number of oxazole rings is 1. The van der Waals surface area contributed by atoms with Gasteiger partial charge in [-0.3, -0.25) is 10.1 Å². The minimum atomic E-state index is -0.372. The van der Waals surface area contributed by atoms with Crippen LogP contribution in [0.5, 0.6) is 5.75 Å². The summed E-state index contributed by atoms with van der Waals surface area (Å²) in [5.41, 5.74) is 4.69. The number of benzene rings is 3. The van der Waals surface area contributed by atoms with Crippen molar-refractivity contribution in [3.63, 3.8) is 0 Å². The third-order valence-electron chi connectivity index (χ3n) is 5.59. The molecule has 3 aromatic carbocycles. The van der Waals surface area contributed by atoms with Crippen molar-refractivity contribution in [1.82, 2.24) is 10.3 Å². The third-order valence-corrected chi connectivity index (χ3v) is 6.29. The molecule has 0 saturated heterocycles. The molecule has 174 valence electrons.